The Kier molecular flexibility index (Phi) is 27.4. The molecule has 13 N–H and O–H groups in total. The number of nitrogens with one attached hydrogen (secondary N) is 2. The number of allylic oxidation sites excluding steroid dienone is 12. The van der Waals surface area contributed by atoms with E-state index < -0.39 is 159 Å². The fraction of sp³-hybridized carbons (Fsp3) is 0.486. The first kappa shape index (κ1) is 72.4. The van der Waals surface area contributed by atoms with E-state index >= 15 is 0 Å². The minimum Gasteiger partial charge on any atom is -0.481 e. The van der Waals surface area contributed by atoms with E-state index in [1.165, 1.54) is 25.1 Å². The van der Waals surface area contributed by atoms with Gasteiger partial charge in [0.05, 0.1) is 73.5 Å². The summed E-state index contributed by atoms with van der Waals surface area (Å²) in [6.07, 6.45) is 0.585. The van der Waals surface area contributed by atoms with Gasteiger partial charge in [0, 0.05) is 49.1 Å². The van der Waals surface area contributed by atoms with Crippen molar-refractivity contribution in [2.75, 3.05) is 6.61 Å². The van der Waals surface area contributed by atoms with Gasteiger partial charge in [0.15, 0.2) is 12.1 Å². The lowest BCUT2D eigenvalue weighted by molar-refractivity contribution is -0.310. The maximum atomic E-state index is 13.8. The van der Waals surface area contributed by atoms with Crippen LogP contribution >= 0.6 is 0 Å². The number of hydrogen-bond acceptors (Lipinski definition) is 19. The predicted octanol–water partition coefficient (Wildman–Crippen LogP) is 5.22. The number of aliphatic carboxylic acids is 1. The van der Waals surface area contributed by atoms with Crippen molar-refractivity contribution in [3.8, 4) is 11.1 Å². The SMILES string of the molecule is C[C@@H]1[C@H](O)[C@@H](C)/C=C/C=C/C=C/C=C/C=C/C=C/C=C/[C@H](O[C@@H]2O[C@H](C)[C@@H](O)[C@H](NC(=O)c3ccc(CNC(=O)OCC4c5ccccc5-c5ccccc54)cc3)[C@@H]2O)C[C@@H]2O[C@](O)(C[C@@H](O)[C@H](O)CC[C@@H](O)C[C@@H](O)C[C@@H](O)CC(=O)O[C@H]1C)C[C@H](O)[C@H]2C(=O)O. The largest absolute Gasteiger partial charge is 0.481 e. The molecule has 0 spiro atoms. The number of alkyl carbamates (subject to hydrolysis) is 1. The van der Waals surface area contributed by atoms with Crippen LogP contribution in [0.4, 0.5) is 4.79 Å². The quantitative estimate of drug-likeness (QED) is 0.122. The third kappa shape index (κ3) is 20.8. The Morgan fingerprint density at radius 2 is 1.18 bits per heavy atom. The number of amides is 2. The fourth-order valence-electron chi connectivity index (χ4n) is 11.9. The Morgan fingerprint density at radius 1 is 0.620 bits per heavy atom. The highest BCUT2D eigenvalue weighted by atomic mass is 16.7. The minimum absolute atomic E-state index is 0.0775. The first-order chi connectivity index (χ1) is 43.9. The molecule has 2 fully saturated rings. The summed E-state index contributed by atoms with van der Waals surface area (Å²) in [6, 6.07) is 20.8. The fourth-order valence-corrected chi connectivity index (χ4v) is 11.9. The number of carbonyl (C=O) groups is 4. The molecule has 1 aliphatic carbocycles. The third-order valence-corrected chi connectivity index (χ3v) is 17.3. The third-order valence-electron chi connectivity index (χ3n) is 17.3. The van der Waals surface area contributed by atoms with Crippen LogP contribution in [0.2, 0.25) is 0 Å². The molecule has 19 atom stereocenters. The van der Waals surface area contributed by atoms with Crippen LogP contribution in [0.25, 0.3) is 11.1 Å². The van der Waals surface area contributed by atoms with Gasteiger partial charge in [-0.05, 0) is 79.5 Å². The molecule has 4 aliphatic rings. The second kappa shape index (κ2) is 34.8. The second-order valence-corrected chi connectivity index (χ2v) is 24.4. The van der Waals surface area contributed by atoms with E-state index in [1.54, 1.807) is 98.9 Å². The number of aliphatic hydroxyl groups is 10. The molecule has 2 bridgehead atoms. The molecule has 3 aromatic rings. The minimum atomic E-state index is -2.45. The van der Waals surface area contributed by atoms with Crippen molar-refractivity contribution < 1.29 is 99.0 Å². The number of ether oxygens (including phenoxy) is 5. The molecule has 500 valence electrons. The van der Waals surface area contributed by atoms with Gasteiger partial charge < -0.3 is 90.5 Å². The molecule has 0 radical (unpaired) electrons. The number of carboxylic acid groups (broad SMARTS) is 1. The normalized spacial score (nSPS) is 35.9. The summed E-state index contributed by atoms with van der Waals surface area (Å²) >= 11 is 0. The van der Waals surface area contributed by atoms with Crippen molar-refractivity contribution in [3.63, 3.8) is 0 Å². The Morgan fingerprint density at radius 3 is 1.79 bits per heavy atom. The maximum Gasteiger partial charge on any atom is 0.407 e. The highest BCUT2D eigenvalue weighted by Crippen LogP contribution is 2.45. The molecule has 2 amide bonds. The lowest BCUT2D eigenvalue weighted by Gasteiger charge is -2.45. The van der Waals surface area contributed by atoms with Gasteiger partial charge in [0.25, 0.3) is 5.91 Å². The molecular formula is C70H90N2O20. The Hall–Kier alpha value is -7.00. The molecular weight excluding hydrogens is 1190 g/mol. The number of aliphatic hydroxyl groups excluding tert-OH is 9. The zero-order chi connectivity index (χ0) is 66.6. The number of carbonyl (C=O) groups excluding carboxylic acids is 3. The average Bonchev–Trinajstić information content (AvgIpc) is 1.46. The van der Waals surface area contributed by atoms with E-state index in [9.17, 15) is 75.3 Å². The van der Waals surface area contributed by atoms with E-state index in [0.717, 1.165) is 22.3 Å². The number of esters is 1. The molecule has 3 aliphatic heterocycles. The molecule has 2 saturated heterocycles. The zero-order valence-corrected chi connectivity index (χ0v) is 52.1. The molecule has 3 aromatic carbocycles. The van der Waals surface area contributed by atoms with Gasteiger partial charge in [-0.1, -0.05) is 160 Å². The first-order valence-corrected chi connectivity index (χ1v) is 31.3. The van der Waals surface area contributed by atoms with Crippen molar-refractivity contribution in [1.29, 1.82) is 0 Å². The van der Waals surface area contributed by atoms with Crippen molar-refractivity contribution >= 4 is 23.9 Å². The zero-order valence-electron chi connectivity index (χ0n) is 52.1. The summed E-state index contributed by atoms with van der Waals surface area (Å²) < 4.78 is 29.5. The molecule has 22 nitrogen and oxygen atoms in total. The average molecular weight is 1280 g/mol. The van der Waals surface area contributed by atoms with Gasteiger partial charge in [-0.2, -0.15) is 0 Å². The van der Waals surface area contributed by atoms with E-state index in [-0.39, 0.29) is 56.2 Å². The van der Waals surface area contributed by atoms with Gasteiger partial charge in [-0.25, -0.2) is 4.79 Å². The number of benzene rings is 3. The van der Waals surface area contributed by atoms with E-state index in [4.69, 9.17) is 23.7 Å². The topological polar surface area (TPSA) is 361 Å². The van der Waals surface area contributed by atoms with Gasteiger partial charge in [-0.3, -0.25) is 14.4 Å². The number of carboxylic acids is 1. The monoisotopic (exact) mass is 1280 g/mol. The summed E-state index contributed by atoms with van der Waals surface area (Å²) in [5, 5.41) is 128. The van der Waals surface area contributed by atoms with Crippen LogP contribution in [-0.4, -0.2) is 184 Å². The Labute approximate surface area is 536 Å². The van der Waals surface area contributed by atoms with Crippen molar-refractivity contribution in [3.05, 3.63) is 180 Å². The van der Waals surface area contributed by atoms with E-state index in [0.29, 0.717) is 5.56 Å². The van der Waals surface area contributed by atoms with Crippen molar-refractivity contribution in [2.45, 2.75) is 189 Å². The van der Waals surface area contributed by atoms with Gasteiger partial charge in [-0.15, -0.1) is 0 Å². The van der Waals surface area contributed by atoms with Crippen LogP contribution in [0, 0.1) is 17.8 Å². The molecule has 7 rings (SSSR count). The maximum absolute atomic E-state index is 13.8. The van der Waals surface area contributed by atoms with Crippen molar-refractivity contribution in [1.82, 2.24) is 10.6 Å². The smallest absolute Gasteiger partial charge is 0.407 e. The Bertz CT molecular complexity index is 3060. The molecule has 0 aromatic heterocycles. The van der Waals surface area contributed by atoms with Crippen LogP contribution in [0.5, 0.6) is 0 Å². The number of cyclic esters (lactones) is 1. The highest BCUT2D eigenvalue weighted by molar-refractivity contribution is 5.94. The summed E-state index contributed by atoms with van der Waals surface area (Å²) in [5.41, 5.74) is 5.13. The molecule has 92 heavy (non-hydrogen) atoms. The summed E-state index contributed by atoms with van der Waals surface area (Å²) in [6.45, 7) is 6.88. The summed E-state index contributed by atoms with van der Waals surface area (Å²) in [5.74, 6) is -8.01. The van der Waals surface area contributed by atoms with Gasteiger partial charge >= 0.3 is 18.0 Å². The van der Waals surface area contributed by atoms with Crippen LogP contribution in [-0.2, 0) is 39.8 Å². The number of rotatable bonds is 9. The van der Waals surface area contributed by atoms with Gasteiger partial charge in [0.2, 0.25) is 0 Å². The Balaban J connectivity index is 1.03. The number of fused-ring (bicyclic) bond motifs is 5. The van der Waals surface area contributed by atoms with Crippen LogP contribution in [0.15, 0.2) is 158 Å². The lowest BCUT2D eigenvalue weighted by atomic mass is 9.82. The van der Waals surface area contributed by atoms with Crippen LogP contribution < -0.4 is 10.6 Å². The predicted molar refractivity (Wildman–Crippen MR) is 339 cm³/mol. The van der Waals surface area contributed by atoms with Crippen molar-refractivity contribution in [2.24, 2.45) is 17.8 Å². The van der Waals surface area contributed by atoms with E-state index in [2.05, 4.69) is 10.6 Å². The molecule has 3 heterocycles. The van der Waals surface area contributed by atoms with Crippen LogP contribution in [0.3, 0.4) is 0 Å². The first-order valence-electron chi connectivity index (χ1n) is 31.3. The highest BCUT2D eigenvalue weighted by Gasteiger charge is 2.52. The van der Waals surface area contributed by atoms with E-state index in [1.807, 2.05) is 61.5 Å². The lowest BCUT2D eigenvalue weighted by Crippen LogP contribution is -2.64. The molecule has 0 unspecified atom stereocenters. The second-order valence-electron chi connectivity index (χ2n) is 24.4. The summed E-state index contributed by atoms with van der Waals surface area (Å²) in [4.78, 5) is 52.3. The number of hydrogen-bond donors (Lipinski definition) is 13. The molecule has 22 heteroatoms. The molecule has 0 saturated carbocycles. The standard InChI is InChI=1S/C70H90N2O20/c1-41-21-15-13-11-9-7-5-6-8-10-12-14-16-22-50(36-59-61(67(84)85)58(78)38-70(87,92-59)37-57(77)56(76)32-31-47(73)33-48(74)34-49(75)35-60(79)89-43(3)42(2)63(41)80)91-68-65(82)62(64(81)44(4)90-68)72-66(83)46-29-27-45(28-30-46)39-71-69(86)88-40-55-53-25-19-17-23-51(53)52-24-18-20-26-54(52)55/h5-30,41-44,47-50,55-59,61-65,68,73-78,80-82,87H,31-40H2,1-4H3,(H,71,86)(H,72,83)(H,84,85)/b6-5+,9-7+,10-8+,13-11+,14-12+,21-15+,22-16+/t41-,42-,43-,44+,47+,48+,49+,50-,56+,57+,58-,59-,61+,62-,63+,64+,65-,68-,70+/m0/s1. The summed E-state index contributed by atoms with van der Waals surface area (Å²) in [7, 11) is 0. The van der Waals surface area contributed by atoms with Crippen LogP contribution in [0.1, 0.15) is 112 Å². The van der Waals surface area contributed by atoms with Gasteiger partial charge in [0.1, 0.15) is 30.8 Å².